The van der Waals surface area contributed by atoms with Crippen molar-refractivity contribution in [1.29, 1.82) is 0 Å². The molecule has 2 aromatic heterocycles. The van der Waals surface area contributed by atoms with E-state index in [0.717, 1.165) is 40.1 Å². The second kappa shape index (κ2) is 7.07. The molecule has 1 aromatic carbocycles. The highest BCUT2D eigenvalue weighted by Gasteiger charge is 2.22. The first-order valence-corrected chi connectivity index (χ1v) is 9.93. The fourth-order valence-electron chi connectivity index (χ4n) is 3.48. The summed E-state index contributed by atoms with van der Waals surface area (Å²) in [5.41, 5.74) is -0.0293. The van der Waals surface area contributed by atoms with Gasteiger partial charge in [0.2, 0.25) is 0 Å². The van der Waals surface area contributed by atoms with E-state index >= 15 is 0 Å². The minimum absolute atomic E-state index is 0.0286. The summed E-state index contributed by atoms with van der Waals surface area (Å²) in [5, 5.41) is 8.70. The van der Waals surface area contributed by atoms with Gasteiger partial charge >= 0.3 is 5.69 Å². The maximum atomic E-state index is 12.6. The van der Waals surface area contributed by atoms with Crippen LogP contribution in [0.3, 0.4) is 0 Å². The predicted octanol–water partition coefficient (Wildman–Crippen LogP) is 2.80. The molecule has 0 bridgehead atoms. The molecule has 4 rings (SSSR count). The number of amides is 1. The van der Waals surface area contributed by atoms with E-state index in [-0.39, 0.29) is 17.6 Å². The van der Waals surface area contributed by atoms with Crippen LogP contribution in [0.15, 0.2) is 35.1 Å². The summed E-state index contributed by atoms with van der Waals surface area (Å²) >= 11 is 1.52. The number of aryl methyl sites for hydroxylation is 2. The van der Waals surface area contributed by atoms with Gasteiger partial charge < -0.3 is 5.32 Å². The van der Waals surface area contributed by atoms with Crippen LogP contribution in [-0.4, -0.2) is 26.3 Å². The summed E-state index contributed by atoms with van der Waals surface area (Å²) in [4.78, 5) is 25.7. The zero-order valence-electron chi connectivity index (χ0n) is 14.8. The normalized spacial score (nSPS) is 17.0. The van der Waals surface area contributed by atoms with Gasteiger partial charge in [0.1, 0.15) is 5.82 Å². The number of carbonyl (C=O) groups is 1. The first-order valence-electron chi connectivity index (χ1n) is 9.11. The third-order valence-electron chi connectivity index (χ3n) is 4.84. The fraction of sp³-hybridized carbons (Fsp3) is 0.421. The maximum absolute atomic E-state index is 12.6. The lowest BCUT2D eigenvalue weighted by Crippen LogP contribution is -2.35. The predicted molar refractivity (Wildman–Crippen MR) is 103 cm³/mol. The number of rotatable bonds is 4. The van der Waals surface area contributed by atoms with Gasteiger partial charge in [-0.2, -0.15) is 5.10 Å². The van der Waals surface area contributed by atoms with Crippen LogP contribution in [0.2, 0.25) is 0 Å². The molecule has 0 radical (unpaired) electrons. The number of thiophene rings is 1. The Hall–Kier alpha value is -2.41. The number of carbonyl (C=O) groups excluding carboxylic acids is 1. The Morgan fingerprint density at radius 2 is 2.19 bits per heavy atom. The lowest BCUT2D eigenvalue weighted by atomic mass is 10.1. The van der Waals surface area contributed by atoms with Gasteiger partial charge in [-0.15, -0.1) is 11.3 Å². The zero-order chi connectivity index (χ0) is 18.1. The van der Waals surface area contributed by atoms with E-state index in [9.17, 15) is 9.59 Å². The number of nitrogens with one attached hydrogen (secondary N) is 1. The number of benzene rings is 1. The quantitative estimate of drug-likeness (QED) is 0.768. The molecule has 1 amide bonds. The van der Waals surface area contributed by atoms with Crippen LogP contribution in [0, 0.1) is 0 Å². The van der Waals surface area contributed by atoms with Gasteiger partial charge in [-0.05, 0) is 36.8 Å². The SMILES string of the molecule is CCCn1nc2n(c1=O)CCC(NC(=O)c1cc3ccccc3s1)CC2. The van der Waals surface area contributed by atoms with Crippen molar-refractivity contribution >= 4 is 27.3 Å². The minimum atomic E-state index is -0.0293. The molecule has 136 valence electrons. The second-order valence-electron chi connectivity index (χ2n) is 6.72. The van der Waals surface area contributed by atoms with Crippen molar-refractivity contribution in [3.05, 3.63) is 51.5 Å². The van der Waals surface area contributed by atoms with E-state index < -0.39 is 0 Å². The Balaban J connectivity index is 1.45. The molecule has 1 atom stereocenters. The third kappa shape index (κ3) is 3.19. The summed E-state index contributed by atoms with van der Waals surface area (Å²) < 4.78 is 4.45. The summed E-state index contributed by atoms with van der Waals surface area (Å²) in [6.07, 6.45) is 3.16. The zero-order valence-corrected chi connectivity index (χ0v) is 15.6. The van der Waals surface area contributed by atoms with Crippen molar-refractivity contribution in [2.75, 3.05) is 0 Å². The van der Waals surface area contributed by atoms with Crippen LogP contribution in [0.5, 0.6) is 0 Å². The Bertz CT molecular complexity index is 968. The summed E-state index contributed by atoms with van der Waals surface area (Å²) in [7, 11) is 0. The molecule has 26 heavy (non-hydrogen) atoms. The Labute approximate surface area is 155 Å². The van der Waals surface area contributed by atoms with Gasteiger partial charge in [-0.3, -0.25) is 9.36 Å². The second-order valence-corrected chi connectivity index (χ2v) is 7.80. The largest absolute Gasteiger partial charge is 0.349 e. The van der Waals surface area contributed by atoms with Crippen LogP contribution >= 0.6 is 11.3 Å². The molecule has 0 saturated heterocycles. The van der Waals surface area contributed by atoms with Gasteiger partial charge in [0.05, 0.1) is 4.88 Å². The number of nitrogens with zero attached hydrogens (tertiary/aromatic N) is 3. The van der Waals surface area contributed by atoms with E-state index in [1.54, 1.807) is 9.25 Å². The molecule has 0 spiro atoms. The molecule has 0 fully saturated rings. The molecule has 1 unspecified atom stereocenters. The Morgan fingerprint density at radius 3 is 3.00 bits per heavy atom. The van der Waals surface area contributed by atoms with Gasteiger partial charge in [0, 0.05) is 30.3 Å². The number of fused-ring (bicyclic) bond motifs is 2. The van der Waals surface area contributed by atoms with Crippen LogP contribution in [0.4, 0.5) is 0 Å². The average Bonchev–Trinajstić information content (AvgIpc) is 3.13. The molecule has 3 heterocycles. The molecule has 7 heteroatoms. The maximum Gasteiger partial charge on any atom is 0.345 e. The van der Waals surface area contributed by atoms with E-state index in [1.165, 1.54) is 11.3 Å². The van der Waals surface area contributed by atoms with Crippen molar-refractivity contribution in [2.45, 2.75) is 51.7 Å². The molecule has 1 aliphatic heterocycles. The van der Waals surface area contributed by atoms with E-state index in [4.69, 9.17) is 0 Å². The number of hydrogen-bond donors (Lipinski definition) is 1. The lowest BCUT2D eigenvalue weighted by Gasteiger charge is -2.15. The van der Waals surface area contributed by atoms with Crippen molar-refractivity contribution in [1.82, 2.24) is 19.7 Å². The minimum Gasteiger partial charge on any atom is -0.349 e. The average molecular weight is 370 g/mol. The molecule has 1 N–H and O–H groups in total. The van der Waals surface area contributed by atoms with Crippen LogP contribution in [0.1, 0.15) is 41.7 Å². The summed E-state index contributed by atoms with van der Waals surface area (Å²) in [6.45, 7) is 3.30. The number of hydrogen-bond acceptors (Lipinski definition) is 4. The van der Waals surface area contributed by atoms with E-state index in [0.29, 0.717) is 19.5 Å². The van der Waals surface area contributed by atoms with Crippen LogP contribution in [0.25, 0.3) is 10.1 Å². The fourth-order valence-corrected chi connectivity index (χ4v) is 4.45. The summed E-state index contributed by atoms with van der Waals surface area (Å²) in [5.74, 6) is 0.807. The van der Waals surface area contributed by atoms with E-state index in [1.807, 2.05) is 37.3 Å². The monoisotopic (exact) mass is 370 g/mol. The molecule has 0 aliphatic carbocycles. The first-order chi connectivity index (χ1) is 12.7. The topological polar surface area (TPSA) is 68.9 Å². The lowest BCUT2D eigenvalue weighted by molar-refractivity contribution is 0.0937. The van der Waals surface area contributed by atoms with Gasteiger partial charge in [-0.25, -0.2) is 9.48 Å². The van der Waals surface area contributed by atoms with E-state index in [2.05, 4.69) is 10.4 Å². The first kappa shape index (κ1) is 17.0. The molecule has 6 nitrogen and oxygen atoms in total. The third-order valence-corrected chi connectivity index (χ3v) is 5.95. The molecule has 3 aromatic rings. The van der Waals surface area contributed by atoms with Crippen molar-refractivity contribution in [3.8, 4) is 0 Å². The van der Waals surface area contributed by atoms with Crippen LogP contribution < -0.4 is 11.0 Å². The van der Waals surface area contributed by atoms with Crippen molar-refractivity contribution in [3.63, 3.8) is 0 Å². The number of aromatic nitrogens is 3. The Morgan fingerprint density at radius 1 is 1.35 bits per heavy atom. The van der Waals surface area contributed by atoms with Crippen LogP contribution in [-0.2, 0) is 19.5 Å². The van der Waals surface area contributed by atoms with Gasteiger partial charge in [0.25, 0.3) is 5.91 Å². The Kier molecular flexibility index (Phi) is 4.63. The molecular formula is C19H22N4O2S. The standard InChI is InChI=1S/C19H22N4O2S/c1-2-10-23-19(25)22-11-9-14(7-8-17(22)21-23)20-18(24)16-12-13-5-3-4-6-15(13)26-16/h3-6,12,14H,2,7-11H2,1H3,(H,20,24). The highest BCUT2D eigenvalue weighted by atomic mass is 32.1. The summed E-state index contributed by atoms with van der Waals surface area (Å²) in [6, 6.07) is 10.0. The van der Waals surface area contributed by atoms with Gasteiger partial charge in [-0.1, -0.05) is 25.1 Å². The van der Waals surface area contributed by atoms with Crippen molar-refractivity contribution in [2.24, 2.45) is 0 Å². The van der Waals surface area contributed by atoms with Crippen molar-refractivity contribution < 1.29 is 4.79 Å². The molecule has 0 saturated carbocycles. The highest BCUT2D eigenvalue weighted by molar-refractivity contribution is 7.20. The molecular weight excluding hydrogens is 348 g/mol. The highest BCUT2D eigenvalue weighted by Crippen LogP contribution is 2.25. The smallest absolute Gasteiger partial charge is 0.345 e. The molecule has 1 aliphatic rings. The van der Waals surface area contributed by atoms with Gasteiger partial charge in [0.15, 0.2) is 0 Å².